The second-order valence-corrected chi connectivity index (χ2v) is 9.55. The summed E-state index contributed by atoms with van der Waals surface area (Å²) in [4.78, 5) is 28.9. The molecule has 0 saturated heterocycles. The SMILES string of the molecule is CC(C)[C@H](NC(=O)c1ccc(Cl)c(Cl)c1)c1nnc(SCC(=O)Nc2nccs2)n1C. The van der Waals surface area contributed by atoms with E-state index in [-0.39, 0.29) is 23.5 Å². The van der Waals surface area contributed by atoms with Gasteiger partial charge in [0.25, 0.3) is 5.91 Å². The molecule has 2 N–H and O–H groups in total. The second kappa shape index (κ2) is 10.4. The number of thioether (sulfide) groups is 1. The Morgan fingerprint density at radius 1 is 1.23 bits per heavy atom. The fourth-order valence-electron chi connectivity index (χ4n) is 2.68. The molecule has 2 amide bonds. The highest BCUT2D eigenvalue weighted by molar-refractivity contribution is 7.99. The fourth-order valence-corrected chi connectivity index (χ4v) is 4.25. The van der Waals surface area contributed by atoms with Gasteiger partial charge >= 0.3 is 0 Å². The molecule has 0 aliphatic heterocycles. The van der Waals surface area contributed by atoms with Crippen LogP contribution in [0, 0.1) is 5.92 Å². The maximum atomic E-state index is 12.7. The normalized spacial score (nSPS) is 12.1. The van der Waals surface area contributed by atoms with Gasteiger partial charge in [-0.05, 0) is 24.1 Å². The largest absolute Gasteiger partial charge is 0.342 e. The number of rotatable bonds is 8. The Hall–Kier alpha value is -2.14. The highest BCUT2D eigenvalue weighted by Crippen LogP contribution is 2.26. The molecule has 8 nitrogen and oxygen atoms in total. The van der Waals surface area contributed by atoms with Gasteiger partial charge in [-0.1, -0.05) is 48.8 Å². The van der Waals surface area contributed by atoms with Gasteiger partial charge in [-0.25, -0.2) is 4.98 Å². The summed E-state index contributed by atoms with van der Waals surface area (Å²) in [5, 5.41) is 17.8. The van der Waals surface area contributed by atoms with Gasteiger partial charge in [-0.15, -0.1) is 21.5 Å². The summed E-state index contributed by atoms with van der Waals surface area (Å²) in [7, 11) is 1.80. The lowest BCUT2D eigenvalue weighted by Gasteiger charge is -2.21. The Labute approximate surface area is 197 Å². The highest BCUT2D eigenvalue weighted by atomic mass is 35.5. The standard InChI is InChI=1S/C19H20Cl2N6O2S2/c1-10(2)15(24-17(29)11-4-5-12(20)13(21)8-11)16-25-26-19(27(16)3)31-9-14(28)23-18-22-6-7-30-18/h4-8,10,15H,9H2,1-3H3,(H,24,29)(H,22,23,28)/t15-/m0/s1. The molecule has 0 bridgehead atoms. The van der Waals surface area contributed by atoms with Crippen LogP contribution < -0.4 is 10.6 Å². The third-order valence-corrected chi connectivity index (χ3v) is 6.74. The van der Waals surface area contributed by atoms with Crippen molar-refractivity contribution >= 4 is 63.2 Å². The van der Waals surface area contributed by atoms with E-state index < -0.39 is 6.04 Å². The van der Waals surface area contributed by atoms with Crippen molar-refractivity contribution in [3.63, 3.8) is 0 Å². The van der Waals surface area contributed by atoms with E-state index >= 15 is 0 Å². The average molecular weight is 499 g/mol. The Morgan fingerprint density at radius 3 is 2.65 bits per heavy atom. The number of carbonyl (C=O) groups excluding carboxylic acids is 2. The Morgan fingerprint density at radius 2 is 2.00 bits per heavy atom. The van der Waals surface area contributed by atoms with Crippen molar-refractivity contribution in [3.05, 3.63) is 51.2 Å². The molecule has 0 fully saturated rings. The van der Waals surface area contributed by atoms with Gasteiger partial charge in [0.1, 0.15) is 0 Å². The van der Waals surface area contributed by atoms with E-state index in [2.05, 4.69) is 25.8 Å². The van der Waals surface area contributed by atoms with Crippen LogP contribution in [-0.4, -0.2) is 37.3 Å². The number of benzene rings is 1. The molecule has 0 saturated carbocycles. The van der Waals surface area contributed by atoms with Gasteiger partial charge in [0.2, 0.25) is 5.91 Å². The number of nitrogens with zero attached hydrogens (tertiary/aromatic N) is 4. The van der Waals surface area contributed by atoms with E-state index in [9.17, 15) is 9.59 Å². The molecule has 3 aromatic rings. The van der Waals surface area contributed by atoms with Gasteiger partial charge in [-0.2, -0.15) is 0 Å². The minimum atomic E-state index is -0.391. The molecule has 2 heterocycles. The molecule has 0 aliphatic carbocycles. The molecule has 1 aromatic carbocycles. The van der Waals surface area contributed by atoms with Gasteiger partial charge in [0.05, 0.1) is 21.8 Å². The number of anilines is 1. The summed E-state index contributed by atoms with van der Waals surface area (Å²) in [6.45, 7) is 3.95. The third kappa shape index (κ3) is 5.97. The van der Waals surface area contributed by atoms with Crippen molar-refractivity contribution in [2.45, 2.75) is 25.0 Å². The summed E-state index contributed by atoms with van der Waals surface area (Å²) < 4.78 is 1.78. The number of hydrogen-bond donors (Lipinski definition) is 2. The summed E-state index contributed by atoms with van der Waals surface area (Å²) in [6.07, 6.45) is 1.63. The lowest BCUT2D eigenvalue weighted by molar-refractivity contribution is -0.113. The van der Waals surface area contributed by atoms with E-state index in [1.54, 1.807) is 35.3 Å². The fraction of sp³-hybridized carbons (Fsp3) is 0.316. The van der Waals surface area contributed by atoms with E-state index in [1.165, 1.54) is 29.2 Å². The first-order chi connectivity index (χ1) is 14.8. The molecule has 0 aliphatic rings. The van der Waals surface area contributed by atoms with E-state index in [0.717, 1.165) is 0 Å². The van der Waals surface area contributed by atoms with Gasteiger partial charge in [0, 0.05) is 24.2 Å². The number of nitrogens with one attached hydrogen (secondary N) is 2. The molecule has 164 valence electrons. The Bertz CT molecular complexity index is 1070. The second-order valence-electron chi connectivity index (χ2n) is 6.90. The van der Waals surface area contributed by atoms with Crippen LogP contribution in [0.15, 0.2) is 34.9 Å². The first-order valence-electron chi connectivity index (χ1n) is 9.23. The minimum Gasteiger partial charge on any atom is -0.342 e. The van der Waals surface area contributed by atoms with Crippen LogP contribution in [0.1, 0.15) is 36.1 Å². The van der Waals surface area contributed by atoms with Crippen molar-refractivity contribution in [1.82, 2.24) is 25.1 Å². The molecule has 1 atom stereocenters. The van der Waals surface area contributed by atoms with Crippen LogP contribution in [0.3, 0.4) is 0 Å². The lowest BCUT2D eigenvalue weighted by Crippen LogP contribution is -2.33. The lowest BCUT2D eigenvalue weighted by atomic mass is 10.0. The maximum absolute atomic E-state index is 12.7. The summed E-state index contributed by atoms with van der Waals surface area (Å²) in [6, 6.07) is 4.32. The van der Waals surface area contributed by atoms with Gasteiger partial charge in [-0.3, -0.25) is 9.59 Å². The molecule has 31 heavy (non-hydrogen) atoms. The minimum absolute atomic E-state index is 0.0423. The smallest absolute Gasteiger partial charge is 0.251 e. The number of halogens is 2. The predicted molar refractivity (Wildman–Crippen MR) is 124 cm³/mol. The van der Waals surface area contributed by atoms with Crippen molar-refractivity contribution in [2.75, 3.05) is 11.1 Å². The van der Waals surface area contributed by atoms with Gasteiger partial charge < -0.3 is 15.2 Å². The monoisotopic (exact) mass is 498 g/mol. The summed E-state index contributed by atoms with van der Waals surface area (Å²) in [5.74, 6) is 0.315. The highest BCUT2D eigenvalue weighted by Gasteiger charge is 2.25. The zero-order valence-electron chi connectivity index (χ0n) is 16.9. The van der Waals surface area contributed by atoms with Crippen LogP contribution in [0.4, 0.5) is 5.13 Å². The first kappa shape index (κ1) is 23.5. The van der Waals surface area contributed by atoms with Crippen LogP contribution in [0.25, 0.3) is 0 Å². The Kier molecular flexibility index (Phi) is 7.93. The van der Waals surface area contributed by atoms with Crippen LogP contribution >= 0.6 is 46.3 Å². The summed E-state index contributed by atoms with van der Waals surface area (Å²) in [5.41, 5.74) is 0.399. The van der Waals surface area contributed by atoms with Crippen LogP contribution in [0.2, 0.25) is 10.0 Å². The molecule has 0 unspecified atom stereocenters. The molecule has 0 spiro atoms. The molecule has 0 radical (unpaired) electrons. The molecule has 2 aromatic heterocycles. The number of hydrogen-bond acceptors (Lipinski definition) is 7. The quantitative estimate of drug-likeness (QED) is 0.445. The van der Waals surface area contributed by atoms with Crippen LogP contribution in [0.5, 0.6) is 0 Å². The van der Waals surface area contributed by atoms with Crippen molar-refractivity contribution in [1.29, 1.82) is 0 Å². The molecular formula is C19H20Cl2N6O2S2. The number of carbonyl (C=O) groups is 2. The summed E-state index contributed by atoms with van der Waals surface area (Å²) >= 11 is 14.6. The number of aromatic nitrogens is 4. The van der Waals surface area contributed by atoms with Crippen molar-refractivity contribution in [2.24, 2.45) is 13.0 Å². The Balaban J connectivity index is 1.68. The molecule has 12 heteroatoms. The number of amides is 2. The van der Waals surface area contributed by atoms with Crippen LogP contribution in [-0.2, 0) is 11.8 Å². The zero-order valence-corrected chi connectivity index (χ0v) is 20.1. The van der Waals surface area contributed by atoms with Crippen molar-refractivity contribution < 1.29 is 9.59 Å². The first-order valence-corrected chi connectivity index (χ1v) is 11.9. The molecular weight excluding hydrogens is 479 g/mol. The number of thiazole rings is 1. The van der Waals surface area contributed by atoms with E-state index in [1.807, 2.05) is 13.8 Å². The predicted octanol–water partition coefficient (Wildman–Crippen LogP) is 4.44. The van der Waals surface area contributed by atoms with E-state index in [4.69, 9.17) is 23.2 Å². The topological polar surface area (TPSA) is 102 Å². The van der Waals surface area contributed by atoms with Crippen molar-refractivity contribution in [3.8, 4) is 0 Å². The maximum Gasteiger partial charge on any atom is 0.251 e. The molecule has 3 rings (SSSR count). The van der Waals surface area contributed by atoms with E-state index in [0.29, 0.717) is 31.7 Å². The zero-order chi connectivity index (χ0) is 22.5. The average Bonchev–Trinajstić information content (AvgIpc) is 3.36. The third-order valence-electron chi connectivity index (χ3n) is 4.29. The van der Waals surface area contributed by atoms with Gasteiger partial charge in [0.15, 0.2) is 16.1 Å².